The number of carbonyl (C=O) groups excluding carboxylic acids is 1. The Bertz CT molecular complexity index is 453. The van der Waals surface area contributed by atoms with Crippen molar-refractivity contribution in [3.05, 3.63) is 35.2 Å². The van der Waals surface area contributed by atoms with Crippen molar-refractivity contribution in [3.8, 4) is 0 Å². The van der Waals surface area contributed by atoms with Crippen LogP contribution in [0.3, 0.4) is 0 Å². The summed E-state index contributed by atoms with van der Waals surface area (Å²) in [6, 6.07) is 1.69. The summed E-state index contributed by atoms with van der Waals surface area (Å²) in [7, 11) is 0. The van der Waals surface area contributed by atoms with Crippen LogP contribution >= 0.6 is 0 Å². The molecule has 0 bridgehead atoms. The van der Waals surface area contributed by atoms with Gasteiger partial charge in [-0.15, -0.1) is 0 Å². The van der Waals surface area contributed by atoms with Crippen LogP contribution in [0.2, 0.25) is 0 Å². The molecule has 0 aliphatic carbocycles. The highest BCUT2D eigenvalue weighted by atomic mass is 16.4. The second-order valence-corrected chi connectivity index (χ2v) is 3.31. The van der Waals surface area contributed by atoms with Crippen LogP contribution in [0.4, 0.5) is 0 Å². The minimum absolute atomic E-state index is 0.0343. The molecule has 5 heteroatoms. The topological polar surface area (TPSA) is 93.3 Å². The van der Waals surface area contributed by atoms with Gasteiger partial charge in [-0.25, -0.2) is 9.78 Å². The number of aromatic carboxylic acids is 1. The van der Waals surface area contributed by atoms with Gasteiger partial charge in [0.05, 0.1) is 0 Å². The zero-order valence-corrected chi connectivity index (χ0v) is 8.80. The first kappa shape index (κ1) is 11.9. The van der Waals surface area contributed by atoms with Gasteiger partial charge in [-0.1, -0.05) is 12.2 Å². The molecule has 0 spiro atoms. The largest absolute Gasteiger partial charge is 0.477 e. The molecule has 0 unspecified atom stereocenters. The molecule has 0 aromatic carbocycles. The third kappa shape index (κ3) is 3.20. The van der Waals surface area contributed by atoms with Gasteiger partial charge in [-0.05, 0) is 24.1 Å². The fourth-order valence-electron chi connectivity index (χ4n) is 1.22. The van der Waals surface area contributed by atoms with Gasteiger partial charge >= 0.3 is 5.97 Å². The smallest absolute Gasteiger partial charge is 0.354 e. The number of aromatic nitrogens is 1. The Balaban J connectivity index is 2.85. The van der Waals surface area contributed by atoms with Crippen molar-refractivity contribution < 1.29 is 14.7 Å². The summed E-state index contributed by atoms with van der Waals surface area (Å²) in [5.74, 6) is -1.46. The molecule has 1 heterocycles. The third-order valence-corrected chi connectivity index (χ3v) is 1.93. The van der Waals surface area contributed by atoms with E-state index in [1.54, 1.807) is 25.1 Å². The molecule has 1 rings (SSSR count). The summed E-state index contributed by atoms with van der Waals surface area (Å²) in [5.41, 5.74) is 6.32. The molecular weight excluding hydrogens is 208 g/mol. The number of amides is 1. The van der Waals surface area contributed by atoms with Crippen molar-refractivity contribution in [1.29, 1.82) is 0 Å². The summed E-state index contributed by atoms with van der Waals surface area (Å²) in [5, 5.41) is 8.76. The Labute approximate surface area is 92.6 Å². The molecule has 1 aromatic rings. The zero-order chi connectivity index (χ0) is 12.1. The lowest BCUT2D eigenvalue weighted by Gasteiger charge is -2.00. The molecule has 0 saturated carbocycles. The highest BCUT2D eigenvalue weighted by molar-refractivity contribution is 5.87. The maximum Gasteiger partial charge on any atom is 0.354 e. The van der Waals surface area contributed by atoms with Crippen molar-refractivity contribution in [3.63, 3.8) is 0 Å². The Morgan fingerprint density at radius 1 is 1.56 bits per heavy atom. The standard InChI is InChI=1S/C11H12N2O3/c1-7-5-8(3-2-4-9(12)14)6-13-10(7)11(15)16/h2-3,5-6H,4H2,1H3,(H2,12,14)(H,15,16). The highest BCUT2D eigenvalue weighted by Gasteiger charge is 2.07. The number of hydrogen-bond donors (Lipinski definition) is 2. The number of primary amides is 1. The van der Waals surface area contributed by atoms with Gasteiger partial charge in [0, 0.05) is 12.6 Å². The van der Waals surface area contributed by atoms with Crippen molar-refractivity contribution in [1.82, 2.24) is 4.98 Å². The Kier molecular flexibility index (Phi) is 3.77. The van der Waals surface area contributed by atoms with Crippen LogP contribution in [0.5, 0.6) is 0 Å². The average Bonchev–Trinajstić information content (AvgIpc) is 2.16. The van der Waals surface area contributed by atoms with Crippen LogP contribution in [0.25, 0.3) is 6.08 Å². The van der Waals surface area contributed by atoms with Gasteiger partial charge in [-0.3, -0.25) is 4.79 Å². The van der Waals surface area contributed by atoms with E-state index in [0.717, 1.165) is 5.56 Å². The fourth-order valence-corrected chi connectivity index (χ4v) is 1.22. The quantitative estimate of drug-likeness (QED) is 0.790. The van der Waals surface area contributed by atoms with Crippen molar-refractivity contribution in [2.45, 2.75) is 13.3 Å². The minimum Gasteiger partial charge on any atom is -0.477 e. The Hall–Kier alpha value is -2.17. The second kappa shape index (κ2) is 5.06. The lowest BCUT2D eigenvalue weighted by atomic mass is 10.1. The SMILES string of the molecule is Cc1cc(C=CCC(N)=O)cnc1C(=O)O. The van der Waals surface area contributed by atoms with E-state index in [4.69, 9.17) is 10.8 Å². The van der Waals surface area contributed by atoms with Crippen molar-refractivity contribution in [2.24, 2.45) is 5.73 Å². The van der Waals surface area contributed by atoms with Crippen LogP contribution in [-0.2, 0) is 4.79 Å². The van der Waals surface area contributed by atoms with Crippen LogP contribution < -0.4 is 5.73 Å². The lowest BCUT2D eigenvalue weighted by molar-refractivity contribution is -0.117. The zero-order valence-electron chi connectivity index (χ0n) is 8.80. The van der Waals surface area contributed by atoms with E-state index in [1.165, 1.54) is 6.20 Å². The molecule has 16 heavy (non-hydrogen) atoms. The molecule has 5 nitrogen and oxygen atoms in total. The van der Waals surface area contributed by atoms with Gasteiger partial charge in [0.1, 0.15) is 0 Å². The van der Waals surface area contributed by atoms with E-state index in [-0.39, 0.29) is 12.1 Å². The first-order valence-corrected chi connectivity index (χ1v) is 4.65. The van der Waals surface area contributed by atoms with E-state index in [9.17, 15) is 9.59 Å². The molecule has 84 valence electrons. The predicted molar refractivity (Wildman–Crippen MR) is 58.8 cm³/mol. The normalized spacial score (nSPS) is 10.6. The van der Waals surface area contributed by atoms with Gasteiger partial charge in [0.15, 0.2) is 5.69 Å². The van der Waals surface area contributed by atoms with Gasteiger partial charge in [0.25, 0.3) is 0 Å². The molecular formula is C11H12N2O3. The van der Waals surface area contributed by atoms with Gasteiger partial charge in [0.2, 0.25) is 5.91 Å². The van der Waals surface area contributed by atoms with E-state index in [2.05, 4.69) is 4.98 Å². The lowest BCUT2D eigenvalue weighted by Crippen LogP contribution is -2.08. The number of pyridine rings is 1. The number of carboxylic acids is 1. The first-order chi connectivity index (χ1) is 7.50. The minimum atomic E-state index is -1.05. The Morgan fingerprint density at radius 3 is 2.75 bits per heavy atom. The molecule has 0 aliphatic heterocycles. The number of nitrogens with two attached hydrogens (primary N) is 1. The summed E-state index contributed by atoms with van der Waals surface area (Å²) >= 11 is 0. The first-order valence-electron chi connectivity index (χ1n) is 4.65. The maximum absolute atomic E-state index is 10.7. The number of hydrogen-bond acceptors (Lipinski definition) is 3. The molecule has 1 aromatic heterocycles. The third-order valence-electron chi connectivity index (χ3n) is 1.93. The van der Waals surface area contributed by atoms with Crippen molar-refractivity contribution in [2.75, 3.05) is 0 Å². The van der Waals surface area contributed by atoms with Crippen molar-refractivity contribution >= 4 is 18.0 Å². The molecule has 0 aliphatic rings. The number of nitrogens with zero attached hydrogens (tertiary/aromatic N) is 1. The molecule has 3 N–H and O–H groups in total. The van der Waals surface area contributed by atoms with Gasteiger partial charge < -0.3 is 10.8 Å². The molecule has 0 radical (unpaired) electrons. The van der Waals surface area contributed by atoms with Crippen LogP contribution in [-0.4, -0.2) is 22.0 Å². The fraction of sp³-hybridized carbons (Fsp3) is 0.182. The summed E-state index contributed by atoms with van der Waals surface area (Å²) < 4.78 is 0. The van der Waals surface area contributed by atoms with Gasteiger partial charge in [-0.2, -0.15) is 0 Å². The van der Waals surface area contributed by atoms with Crippen LogP contribution in [0.15, 0.2) is 18.3 Å². The highest BCUT2D eigenvalue weighted by Crippen LogP contribution is 2.09. The van der Waals surface area contributed by atoms with E-state index < -0.39 is 11.9 Å². The average molecular weight is 220 g/mol. The molecule has 0 atom stereocenters. The molecule has 1 amide bonds. The summed E-state index contributed by atoms with van der Waals surface area (Å²) in [6.45, 7) is 1.67. The number of aryl methyl sites for hydroxylation is 1. The number of rotatable bonds is 4. The van der Waals surface area contributed by atoms with E-state index in [0.29, 0.717) is 5.56 Å². The van der Waals surface area contributed by atoms with Crippen LogP contribution in [0.1, 0.15) is 28.0 Å². The monoisotopic (exact) mass is 220 g/mol. The molecule has 0 fully saturated rings. The maximum atomic E-state index is 10.7. The second-order valence-electron chi connectivity index (χ2n) is 3.31. The van der Waals surface area contributed by atoms with E-state index in [1.807, 2.05) is 0 Å². The van der Waals surface area contributed by atoms with E-state index >= 15 is 0 Å². The number of carboxylic acid groups (broad SMARTS) is 1. The molecule has 0 saturated heterocycles. The summed E-state index contributed by atoms with van der Waals surface area (Å²) in [6.07, 6.45) is 4.88. The van der Waals surface area contributed by atoms with Crippen LogP contribution in [0, 0.1) is 6.92 Å². The predicted octanol–water partition coefficient (Wildman–Crippen LogP) is 0.977. The number of carbonyl (C=O) groups is 2. The summed E-state index contributed by atoms with van der Waals surface area (Å²) in [4.78, 5) is 25.0. The Morgan fingerprint density at radius 2 is 2.25 bits per heavy atom.